The van der Waals surface area contributed by atoms with Crippen molar-refractivity contribution < 1.29 is 28.9 Å². The topological polar surface area (TPSA) is 82.1 Å². The van der Waals surface area contributed by atoms with E-state index in [0.717, 1.165) is 0 Å². The van der Waals surface area contributed by atoms with Crippen molar-refractivity contribution in [1.29, 1.82) is 0 Å². The molecule has 0 heterocycles. The second-order valence-corrected chi connectivity index (χ2v) is 4.51. The minimum absolute atomic E-state index is 0.0259. The minimum atomic E-state index is -0.879. The Bertz CT molecular complexity index is 506. The molecular formula is C16H20O6. The Hall–Kier alpha value is -2.34. The van der Waals surface area contributed by atoms with Crippen LogP contribution in [0, 0.1) is 0 Å². The molecule has 0 fully saturated rings. The number of methoxy groups -OCH3 is 1. The predicted molar refractivity (Wildman–Crippen MR) is 79.8 cm³/mol. The molecule has 0 aliphatic heterocycles. The lowest BCUT2D eigenvalue weighted by atomic mass is 10.1. The van der Waals surface area contributed by atoms with E-state index in [9.17, 15) is 9.59 Å². The van der Waals surface area contributed by atoms with Crippen molar-refractivity contribution in [3.63, 3.8) is 0 Å². The summed E-state index contributed by atoms with van der Waals surface area (Å²) < 4.78 is 15.7. The highest BCUT2D eigenvalue weighted by molar-refractivity contribution is 5.81. The summed E-state index contributed by atoms with van der Waals surface area (Å²) in [5, 5.41) is 8.69. The Balaban J connectivity index is 2.42. The average molecular weight is 308 g/mol. The predicted octanol–water partition coefficient (Wildman–Crippen LogP) is 1.83. The molecule has 1 rings (SSSR count). The molecule has 0 aromatic heterocycles. The average Bonchev–Trinajstić information content (AvgIpc) is 2.48. The van der Waals surface area contributed by atoms with Crippen molar-refractivity contribution in [3.8, 4) is 5.75 Å². The molecule has 0 spiro atoms. The number of hydrogen-bond acceptors (Lipinski definition) is 5. The molecule has 6 heteroatoms. The van der Waals surface area contributed by atoms with Gasteiger partial charge in [0.25, 0.3) is 0 Å². The zero-order chi connectivity index (χ0) is 16.4. The summed E-state index contributed by atoms with van der Waals surface area (Å²) in [7, 11) is 1.51. The number of carboxylic acid groups (broad SMARTS) is 1. The van der Waals surface area contributed by atoms with Gasteiger partial charge in [-0.15, -0.1) is 0 Å². The first-order valence-electron chi connectivity index (χ1n) is 6.81. The van der Waals surface area contributed by atoms with Crippen molar-refractivity contribution in [3.05, 3.63) is 42.0 Å². The molecule has 0 radical (unpaired) electrons. The van der Waals surface area contributed by atoms with Gasteiger partial charge in [0.05, 0.1) is 6.42 Å². The van der Waals surface area contributed by atoms with Crippen LogP contribution in [-0.2, 0) is 25.5 Å². The van der Waals surface area contributed by atoms with Crippen LogP contribution in [0.2, 0.25) is 0 Å². The number of aliphatic carboxylic acids is 1. The summed E-state index contributed by atoms with van der Waals surface area (Å²) in [4.78, 5) is 21.8. The fourth-order valence-electron chi connectivity index (χ4n) is 1.61. The van der Waals surface area contributed by atoms with Crippen molar-refractivity contribution >= 4 is 11.9 Å². The third-order valence-corrected chi connectivity index (χ3v) is 2.76. The second kappa shape index (κ2) is 9.57. The highest BCUT2D eigenvalue weighted by Gasteiger charge is 2.11. The van der Waals surface area contributed by atoms with Gasteiger partial charge < -0.3 is 19.3 Å². The normalized spacial score (nSPS) is 12.1. The van der Waals surface area contributed by atoms with Crippen molar-refractivity contribution in [2.75, 3.05) is 20.3 Å². The molecule has 6 nitrogen and oxygen atoms in total. The van der Waals surface area contributed by atoms with Gasteiger partial charge in [-0.2, -0.15) is 0 Å². The largest absolute Gasteiger partial charge is 0.491 e. The maximum atomic E-state index is 11.2. The molecule has 1 aromatic rings. The molecule has 0 aliphatic rings. The summed E-state index contributed by atoms with van der Waals surface area (Å²) >= 11 is 0. The summed E-state index contributed by atoms with van der Waals surface area (Å²) in [6, 6.07) is 6.77. The molecule has 1 aromatic carbocycles. The number of hydrogen-bond donors (Lipinski definition) is 1. The maximum Gasteiger partial charge on any atom is 0.330 e. The van der Waals surface area contributed by atoms with Gasteiger partial charge in [-0.05, 0) is 24.6 Å². The van der Waals surface area contributed by atoms with Crippen molar-refractivity contribution in [2.45, 2.75) is 19.4 Å². The van der Waals surface area contributed by atoms with Crippen LogP contribution in [0.3, 0.4) is 0 Å². The molecule has 22 heavy (non-hydrogen) atoms. The van der Waals surface area contributed by atoms with Crippen LogP contribution in [-0.4, -0.2) is 43.5 Å². The molecule has 1 N–H and O–H groups in total. The molecular weight excluding hydrogens is 288 g/mol. The number of carboxylic acids is 1. The molecule has 0 saturated carbocycles. The highest BCUT2D eigenvalue weighted by atomic mass is 16.6. The van der Waals surface area contributed by atoms with Crippen LogP contribution >= 0.6 is 0 Å². The van der Waals surface area contributed by atoms with Gasteiger partial charge in [0.15, 0.2) is 0 Å². The Morgan fingerprint density at radius 2 is 1.91 bits per heavy atom. The van der Waals surface area contributed by atoms with Gasteiger partial charge in [0.2, 0.25) is 0 Å². The summed E-state index contributed by atoms with van der Waals surface area (Å²) in [5.41, 5.74) is 0.698. The van der Waals surface area contributed by atoms with Gasteiger partial charge in [-0.25, -0.2) is 4.79 Å². The molecule has 0 amide bonds. The Morgan fingerprint density at radius 3 is 2.45 bits per heavy atom. The van der Waals surface area contributed by atoms with Gasteiger partial charge in [0.1, 0.15) is 25.1 Å². The van der Waals surface area contributed by atoms with Crippen LogP contribution in [0.25, 0.3) is 0 Å². The smallest absolute Gasteiger partial charge is 0.330 e. The minimum Gasteiger partial charge on any atom is -0.491 e. The SMILES string of the molecule is CC=CC(=O)OCC(COc1ccc(CC(=O)O)cc1)OC. The first-order chi connectivity index (χ1) is 10.5. The Morgan fingerprint density at radius 1 is 1.23 bits per heavy atom. The van der Waals surface area contributed by atoms with E-state index < -0.39 is 11.9 Å². The number of carbonyl (C=O) groups is 2. The lowest BCUT2D eigenvalue weighted by Gasteiger charge is -2.16. The Kier molecular flexibility index (Phi) is 7.70. The van der Waals surface area contributed by atoms with E-state index >= 15 is 0 Å². The number of allylic oxidation sites excluding steroid dienone is 1. The molecule has 0 aliphatic carbocycles. The molecule has 0 saturated heterocycles. The van der Waals surface area contributed by atoms with E-state index in [1.807, 2.05) is 0 Å². The number of benzene rings is 1. The lowest BCUT2D eigenvalue weighted by molar-refractivity contribution is -0.142. The lowest BCUT2D eigenvalue weighted by Crippen LogP contribution is -2.27. The van der Waals surface area contributed by atoms with Crippen LogP contribution < -0.4 is 4.74 Å². The van der Waals surface area contributed by atoms with E-state index in [1.54, 1.807) is 37.3 Å². The quantitative estimate of drug-likeness (QED) is 0.553. The molecule has 120 valence electrons. The van der Waals surface area contributed by atoms with Gasteiger partial charge in [-0.1, -0.05) is 18.2 Å². The van der Waals surface area contributed by atoms with Crippen LogP contribution in [0.5, 0.6) is 5.75 Å². The van der Waals surface area contributed by atoms with E-state index in [0.29, 0.717) is 11.3 Å². The third kappa shape index (κ3) is 6.90. The number of esters is 1. The number of ether oxygens (including phenoxy) is 3. The first kappa shape index (κ1) is 17.7. The molecule has 0 bridgehead atoms. The second-order valence-electron chi connectivity index (χ2n) is 4.51. The van der Waals surface area contributed by atoms with Crippen molar-refractivity contribution in [1.82, 2.24) is 0 Å². The first-order valence-corrected chi connectivity index (χ1v) is 6.81. The summed E-state index contributed by atoms with van der Waals surface area (Å²) in [6.45, 7) is 2.04. The third-order valence-electron chi connectivity index (χ3n) is 2.76. The van der Waals surface area contributed by atoms with Crippen LogP contribution in [0.15, 0.2) is 36.4 Å². The monoisotopic (exact) mass is 308 g/mol. The fraction of sp³-hybridized carbons (Fsp3) is 0.375. The fourth-order valence-corrected chi connectivity index (χ4v) is 1.61. The summed E-state index contributed by atoms with van der Waals surface area (Å²) in [5.74, 6) is -0.713. The van der Waals surface area contributed by atoms with E-state index in [1.165, 1.54) is 13.2 Å². The number of carbonyl (C=O) groups excluding carboxylic acids is 1. The maximum absolute atomic E-state index is 11.2. The van der Waals surface area contributed by atoms with E-state index in [-0.39, 0.29) is 25.7 Å². The molecule has 1 atom stereocenters. The zero-order valence-corrected chi connectivity index (χ0v) is 12.7. The zero-order valence-electron chi connectivity index (χ0n) is 12.7. The Labute approximate surface area is 129 Å². The van der Waals surface area contributed by atoms with Gasteiger partial charge in [0, 0.05) is 13.2 Å². The standard InChI is InChI=1S/C16H20O6/c1-3-4-16(19)22-11-14(20-2)10-21-13-7-5-12(6-8-13)9-15(17)18/h3-8,14H,9-11H2,1-2H3,(H,17,18). The molecule has 1 unspecified atom stereocenters. The number of rotatable bonds is 9. The highest BCUT2D eigenvalue weighted by Crippen LogP contribution is 2.13. The van der Waals surface area contributed by atoms with E-state index in [2.05, 4.69) is 0 Å². The van der Waals surface area contributed by atoms with Crippen LogP contribution in [0.1, 0.15) is 12.5 Å². The van der Waals surface area contributed by atoms with E-state index in [4.69, 9.17) is 19.3 Å². The van der Waals surface area contributed by atoms with Crippen LogP contribution in [0.4, 0.5) is 0 Å². The van der Waals surface area contributed by atoms with Crippen molar-refractivity contribution in [2.24, 2.45) is 0 Å². The van der Waals surface area contributed by atoms with Gasteiger partial charge in [-0.3, -0.25) is 4.79 Å². The van der Waals surface area contributed by atoms with Gasteiger partial charge >= 0.3 is 11.9 Å². The summed E-state index contributed by atoms with van der Waals surface area (Å²) in [6.07, 6.45) is 2.52.